The first kappa shape index (κ1) is 11.5. The summed E-state index contributed by atoms with van der Waals surface area (Å²) in [5.41, 5.74) is 4.35. The van der Waals surface area contributed by atoms with E-state index < -0.39 is 0 Å². The van der Waals surface area contributed by atoms with Gasteiger partial charge in [-0.05, 0) is 49.9 Å². The second kappa shape index (κ2) is 4.25. The summed E-state index contributed by atoms with van der Waals surface area (Å²) in [4.78, 5) is 15.2. The first-order valence-corrected chi connectivity index (χ1v) is 6.50. The summed E-state index contributed by atoms with van der Waals surface area (Å²) < 4.78 is 0. The smallest absolute Gasteiger partial charge is 0.251 e. The van der Waals surface area contributed by atoms with Crippen LogP contribution in [0.3, 0.4) is 0 Å². The van der Waals surface area contributed by atoms with Gasteiger partial charge >= 0.3 is 0 Å². The lowest BCUT2D eigenvalue weighted by molar-refractivity contribution is 0.753. The molecule has 1 aliphatic rings. The number of H-pyrrole nitrogens is 1. The van der Waals surface area contributed by atoms with Crippen molar-refractivity contribution in [2.75, 3.05) is 13.1 Å². The van der Waals surface area contributed by atoms with E-state index in [0.29, 0.717) is 5.92 Å². The summed E-state index contributed by atoms with van der Waals surface area (Å²) >= 11 is 0. The molecule has 1 saturated heterocycles. The lowest BCUT2D eigenvalue weighted by Gasteiger charge is -2.10. The largest absolute Gasteiger partial charge is 0.321 e. The number of aromatic amines is 1. The van der Waals surface area contributed by atoms with Crippen LogP contribution in [0.25, 0.3) is 10.9 Å². The minimum atomic E-state index is 0.0724. The van der Waals surface area contributed by atoms with Crippen LogP contribution >= 0.6 is 0 Å². The average molecular weight is 242 g/mol. The van der Waals surface area contributed by atoms with Crippen LogP contribution in [0.4, 0.5) is 0 Å². The fourth-order valence-electron chi connectivity index (χ4n) is 2.93. The number of fused-ring (bicyclic) bond motifs is 1. The molecule has 94 valence electrons. The van der Waals surface area contributed by atoms with Crippen molar-refractivity contribution in [2.24, 2.45) is 0 Å². The number of rotatable bonds is 1. The van der Waals surface area contributed by atoms with Crippen molar-refractivity contribution in [3.8, 4) is 0 Å². The Kier molecular flexibility index (Phi) is 2.71. The van der Waals surface area contributed by atoms with Crippen molar-refractivity contribution in [3.05, 3.63) is 45.2 Å². The number of nitrogens with one attached hydrogen (secondary N) is 2. The van der Waals surface area contributed by atoms with Crippen LogP contribution in [0.2, 0.25) is 0 Å². The molecule has 1 fully saturated rings. The Labute approximate surface area is 106 Å². The van der Waals surface area contributed by atoms with Crippen molar-refractivity contribution in [1.29, 1.82) is 0 Å². The van der Waals surface area contributed by atoms with Gasteiger partial charge in [-0.3, -0.25) is 4.79 Å². The zero-order chi connectivity index (χ0) is 12.7. The van der Waals surface area contributed by atoms with E-state index >= 15 is 0 Å². The predicted molar refractivity (Wildman–Crippen MR) is 74.3 cm³/mol. The summed E-state index contributed by atoms with van der Waals surface area (Å²) in [5, 5.41) is 4.46. The highest BCUT2D eigenvalue weighted by Crippen LogP contribution is 2.24. The van der Waals surface area contributed by atoms with Gasteiger partial charge < -0.3 is 10.3 Å². The first-order valence-electron chi connectivity index (χ1n) is 6.50. The minimum Gasteiger partial charge on any atom is -0.321 e. The van der Waals surface area contributed by atoms with E-state index in [1.54, 1.807) is 0 Å². The third kappa shape index (κ3) is 1.85. The highest BCUT2D eigenvalue weighted by atomic mass is 16.1. The van der Waals surface area contributed by atoms with Crippen LogP contribution < -0.4 is 10.9 Å². The Morgan fingerprint density at radius 1 is 1.22 bits per heavy atom. The van der Waals surface area contributed by atoms with Gasteiger partial charge in [-0.1, -0.05) is 11.6 Å². The van der Waals surface area contributed by atoms with E-state index in [2.05, 4.69) is 35.4 Å². The van der Waals surface area contributed by atoms with Crippen LogP contribution in [0.5, 0.6) is 0 Å². The van der Waals surface area contributed by atoms with Gasteiger partial charge in [0.05, 0.1) is 5.52 Å². The molecule has 0 bridgehead atoms. The van der Waals surface area contributed by atoms with Gasteiger partial charge in [-0.15, -0.1) is 0 Å². The molecule has 1 aromatic heterocycles. The quantitative estimate of drug-likeness (QED) is 0.805. The molecular weight excluding hydrogens is 224 g/mol. The van der Waals surface area contributed by atoms with Crippen molar-refractivity contribution >= 4 is 10.9 Å². The highest BCUT2D eigenvalue weighted by molar-refractivity contribution is 5.83. The molecule has 2 heterocycles. The second-order valence-electron chi connectivity index (χ2n) is 5.29. The van der Waals surface area contributed by atoms with E-state index in [0.717, 1.165) is 41.5 Å². The number of aryl methyl sites for hydroxylation is 2. The Morgan fingerprint density at radius 3 is 2.78 bits per heavy atom. The molecule has 3 rings (SSSR count). The fraction of sp³-hybridized carbons (Fsp3) is 0.400. The molecule has 18 heavy (non-hydrogen) atoms. The van der Waals surface area contributed by atoms with Crippen molar-refractivity contribution in [3.63, 3.8) is 0 Å². The van der Waals surface area contributed by atoms with Gasteiger partial charge in [-0.2, -0.15) is 0 Å². The third-order valence-corrected chi connectivity index (χ3v) is 3.82. The van der Waals surface area contributed by atoms with E-state index in [1.165, 1.54) is 5.56 Å². The summed E-state index contributed by atoms with van der Waals surface area (Å²) in [6.45, 7) is 6.06. The van der Waals surface area contributed by atoms with Gasteiger partial charge in [0.15, 0.2) is 0 Å². The molecule has 0 amide bonds. The Bertz CT molecular complexity index is 651. The maximum absolute atomic E-state index is 12.2. The molecule has 0 aliphatic carbocycles. The molecule has 1 atom stereocenters. The maximum Gasteiger partial charge on any atom is 0.251 e. The van der Waals surface area contributed by atoms with E-state index in [-0.39, 0.29) is 5.56 Å². The number of benzene rings is 1. The third-order valence-electron chi connectivity index (χ3n) is 3.82. The SMILES string of the molecule is Cc1cc(C)c2[nH]c(=O)c(C3CCNC3)cc2c1. The molecule has 1 aromatic carbocycles. The van der Waals surface area contributed by atoms with Crippen LogP contribution in [0.15, 0.2) is 23.0 Å². The van der Waals surface area contributed by atoms with Crippen LogP contribution in [0.1, 0.15) is 29.0 Å². The molecule has 2 aromatic rings. The summed E-state index contributed by atoms with van der Waals surface area (Å²) in [7, 11) is 0. The standard InChI is InChI=1S/C15H18N2O/c1-9-5-10(2)14-12(6-9)7-13(15(18)17-14)11-3-4-16-8-11/h5-7,11,16H,3-4,8H2,1-2H3,(H,17,18). The van der Waals surface area contributed by atoms with Crippen molar-refractivity contribution in [2.45, 2.75) is 26.2 Å². The molecule has 0 spiro atoms. The summed E-state index contributed by atoms with van der Waals surface area (Å²) in [5.74, 6) is 0.360. The predicted octanol–water partition coefficient (Wildman–Crippen LogP) is 2.22. The number of hydrogen-bond acceptors (Lipinski definition) is 2. The molecule has 3 heteroatoms. The van der Waals surface area contributed by atoms with Gasteiger partial charge in [0.25, 0.3) is 5.56 Å². The molecule has 1 unspecified atom stereocenters. The minimum absolute atomic E-state index is 0.0724. The van der Waals surface area contributed by atoms with E-state index in [4.69, 9.17) is 0 Å². The topological polar surface area (TPSA) is 44.9 Å². The summed E-state index contributed by atoms with van der Waals surface area (Å²) in [6.07, 6.45) is 1.05. The number of aromatic nitrogens is 1. The van der Waals surface area contributed by atoms with E-state index in [1.807, 2.05) is 6.92 Å². The van der Waals surface area contributed by atoms with Gasteiger partial charge in [-0.25, -0.2) is 0 Å². The molecule has 2 N–H and O–H groups in total. The lowest BCUT2D eigenvalue weighted by Crippen LogP contribution is -2.18. The first-order chi connectivity index (χ1) is 8.65. The average Bonchev–Trinajstić information content (AvgIpc) is 2.83. The Balaban J connectivity index is 2.22. The lowest BCUT2D eigenvalue weighted by atomic mass is 9.97. The van der Waals surface area contributed by atoms with Crippen LogP contribution in [-0.2, 0) is 0 Å². The Hall–Kier alpha value is -1.61. The molecular formula is C15H18N2O. The normalized spacial score (nSPS) is 19.6. The fourth-order valence-corrected chi connectivity index (χ4v) is 2.93. The zero-order valence-electron chi connectivity index (χ0n) is 10.8. The van der Waals surface area contributed by atoms with E-state index in [9.17, 15) is 4.79 Å². The molecule has 0 radical (unpaired) electrons. The molecule has 0 saturated carbocycles. The highest BCUT2D eigenvalue weighted by Gasteiger charge is 2.20. The molecule has 3 nitrogen and oxygen atoms in total. The summed E-state index contributed by atoms with van der Waals surface area (Å²) in [6, 6.07) is 6.32. The van der Waals surface area contributed by atoms with Gasteiger partial charge in [0.1, 0.15) is 0 Å². The monoisotopic (exact) mass is 242 g/mol. The Morgan fingerprint density at radius 2 is 2.06 bits per heavy atom. The van der Waals surface area contributed by atoms with Crippen molar-refractivity contribution < 1.29 is 0 Å². The van der Waals surface area contributed by atoms with Gasteiger partial charge in [0, 0.05) is 18.0 Å². The van der Waals surface area contributed by atoms with Gasteiger partial charge in [0.2, 0.25) is 0 Å². The van der Waals surface area contributed by atoms with Crippen molar-refractivity contribution in [1.82, 2.24) is 10.3 Å². The zero-order valence-corrected chi connectivity index (χ0v) is 10.8. The number of pyridine rings is 1. The van der Waals surface area contributed by atoms with Crippen LogP contribution in [0, 0.1) is 13.8 Å². The molecule has 1 aliphatic heterocycles. The van der Waals surface area contributed by atoms with Crippen LogP contribution in [-0.4, -0.2) is 18.1 Å². The number of hydrogen-bond donors (Lipinski definition) is 2. The second-order valence-corrected chi connectivity index (χ2v) is 5.29. The maximum atomic E-state index is 12.2.